The quantitative estimate of drug-likeness (QED) is 0.652. The summed E-state index contributed by atoms with van der Waals surface area (Å²) in [6.07, 6.45) is 0.0980. The Morgan fingerprint density at radius 3 is 2.58 bits per heavy atom. The van der Waals surface area contributed by atoms with Crippen LogP contribution in [-0.4, -0.2) is 87.3 Å². The summed E-state index contributed by atoms with van der Waals surface area (Å²) in [5, 5.41) is 6.31. The predicted molar refractivity (Wildman–Crippen MR) is 74.2 cm³/mol. The number of hydrogen-bond donors (Lipinski definition) is 2. The van der Waals surface area contributed by atoms with Crippen molar-refractivity contribution >= 4 is 5.91 Å². The third kappa shape index (κ3) is 4.14. The van der Waals surface area contributed by atoms with Gasteiger partial charge in [-0.25, -0.2) is 0 Å². The highest BCUT2D eigenvalue weighted by molar-refractivity contribution is 5.78. The molecule has 2 aliphatic rings. The average Bonchev–Trinajstić information content (AvgIpc) is 2.86. The molecule has 2 N–H and O–H groups in total. The molecule has 0 saturated carbocycles. The number of amides is 1. The van der Waals surface area contributed by atoms with Crippen LogP contribution in [0, 0.1) is 0 Å². The van der Waals surface area contributed by atoms with E-state index in [-0.39, 0.29) is 18.1 Å². The van der Waals surface area contributed by atoms with Crippen LogP contribution in [0.5, 0.6) is 0 Å². The maximum atomic E-state index is 12.0. The minimum absolute atomic E-state index is 0.0980. The highest BCUT2D eigenvalue weighted by atomic mass is 16.5. The summed E-state index contributed by atoms with van der Waals surface area (Å²) in [4.78, 5) is 16.7. The van der Waals surface area contributed by atoms with E-state index < -0.39 is 0 Å². The molecule has 2 heterocycles. The Kier molecular flexibility index (Phi) is 5.57. The number of ether oxygens (including phenoxy) is 1. The molecule has 2 fully saturated rings. The lowest BCUT2D eigenvalue weighted by Gasteiger charge is -2.33. The van der Waals surface area contributed by atoms with E-state index in [1.165, 1.54) is 0 Å². The number of hydrogen-bond acceptors (Lipinski definition) is 5. The van der Waals surface area contributed by atoms with E-state index in [4.69, 9.17) is 4.74 Å². The van der Waals surface area contributed by atoms with Gasteiger partial charge in [0.1, 0.15) is 0 Å². The SMILES string of the molecule is CCN1CCN(CC(=O)N[C@H]2CNC[C@@H]2OC)CC1. The second kappa shape index (κ2) is 7.19. The summed E-state index contributed by atoms with van der Waals surface area (Å²) >= 11 is 0. The van der Waals surface area contributed by atoms with Crippen molar-refractivity contribution in [2.75, 3.05) is 59.5 Å². The molecule has 0 bridgehead atoms. The number of rotatable bonds is 5. The zero-order valence-electron chi connectivity index (χ0n) is 12.0. The van der Waals surface area contributed by atoms with Crippen molar-refractivity contribution in [1.29, 1.82) is 0 Å². The Morgan fingerprint density at radius 1 is 1.26 bits per heavy atom. The number of likely N-dealkylation sites (N-methyl/N-ethyl adjacent to an activating group) is 1. The number of nitrogens with zero attached hydrogens (tertiary/aromatic N) is 2. The number of carbonyl (C=O) groups excluding carboxylic acids is 1. The van der Waals surface area contributed by atoms with E-state index in [1.807, 2.05) is 0 Å². The molecule has 2 aliphatic heterocycles. The normalized spacial score (nSPS) is 29.6. The second-order valence-electron chi connectivity index (χ2n) is 5.32. The molecule has 110 valence electrons. The van der Waals surface area contributed by atoms with Gasteiger partial charge in [0.15, 0.2) is 0 Å². The summed E-state index contributed by atoms with van der Waals surface area (Å²) in [5.74, 6) is 0.112. The molecule has 6 nitrogen and oxygen atoms in total. The summed E-state index contributed by atoms with van der Waals surface area (Å²) in [6.45, 7) is 9.50. The molecule has 2 saturated heterocycles. The van der Waals surface area contributed by atoms with E-state index in [9.17, 15) is 4.79 Å². The average molecular weight is 270 g/mol. The molecule has 0 aromatic heterocycles. The van der Waals surface area contributed by atoms with Crippen LogP contribution in [0.15, 0.2) is 0 Å². The third-order valence-corrected chi connectivity index (χ3v) is 4.09. The van der Waals surface area contributed by atoms with E-state index in [1.54, 1.807) is 7.11 Å². The van der Waals surface area contributed by atoms with Crippen LogP contribution < -0.4 is 10.6 Å². The minimum Gasteiger partial charge on any atom is -0.378 e. The first-order chi connectivity index (χ1) is 9.22. The lowest BCUT2D eigenvalue weighted by Crippen LogP contribution is -2.52. The van der Waals surface area contributed by atoms with Gasteiger partial charge < -0.3 is 20.3 Å². The van der Waals surface area contributed by atoms with E-state index in [2.05, 4.69) is 27.4 Å². The second-order valence-corrected chi connectivity index (χ2v) is 5.32. The fraction of sp³-hybridized carbons (Fsp3) is 0.923. The molecule has 0 unspecified atom stereocenters. The van der Waals surface area contributed by atoms with Gasteiger partial charge in [-0.1, -0.05) is 6.92 Å². The molecule has 0 aliphatic carbocycles. The first-order valence-electron chi connectivity index (χ1n) is 7.20. The summed E-state index contributed by atoms with van der Waals surface area (Å²) in [6, 6.07) is 0.106. The van der Waals surface area contributed by atoms with Gasteiger partial charge in [-0.15, -0.1) is 0 Å². The molecule has 19 heavy (non-hydrogen) atoms. The maximum Gasteiger partial charge on any atom is 0.234 e. The summed E-state index contributed by atoms with van der Waals surface area (Å²) < 4.78 is 5.35. The molecule has 0 aromatic carbocycles. The van der Waals surface area contributed by atoms with Crippen LogP contribution in [0.2, 0.25) is 0 Å². The zero-order valence-corrected chi connectivity index (χ0v) is 12.0. The van der Waals surface area contributed by atoms with Crippen LogP contribution in [0.1, 0.15) is 6.92 Å². The van der Waals surface area contributed by atoms with Gasteiger partial charge >= 0.3 is 0 Å². The molecule has 1 amide bonds. The largest absolute Gasteiger partial charge is 0.378 e. The molecule has 6 heteroatoms. The van der Waals surface area contributed by atoms with Gasteiger partial charge in [-0.3, -0.25) is 9.69 Å². The maximum absolute atomic E-state index is 12.0. The molecule has 0 spiro atoms. The molecule has 0 aromatic rings. The Labute approximate surface area is 115 Å². The summed E-state index contributed by atoms with van der Waals surface area (Å²) in [7, 11) is 1.70. The molecular formula is C13H26N4O2. The van der Waals surface area contributed by atoms with Crippen molar-refractivity contribution in [2.45, 2.75) is 19.1 Å². The monoisotopic (exact) mass is 270 g/mol. The van der Waals surface area contributed by atoms with Crippen LogP contribution in [0.4, 0.5) is 0 Å². The predicted octanol–water partition coefficient (Wildman–Crippen LogP) is -1.27. The molecule has 2 rings (SSSR count). The Balaban J connectivity index is 1.70. The molecular weight excluding hydrogens is 244 g/mol. The van der Waals surface area contributed by atoms with Crippen molar-refractivity contribution in [3.05, 3.63) is 0 Å². The number of methoxy groups -OCH3 is 1. The number of carbonyl (C=O) groups is 1. The van der Waals surface area contributed by atoms with Gasteiger partial charge in [0.2, 0.25) is 5.91 Å². The Hall–Kier alpha value is -0.690. The van der Waals surface area contributed by atoms with Gasteiger partial charge in [0.25, 0.3) is 0 Å². The fourth-order valence-electron chi connectivity index (χ4n) is 2.77. The highest BCUT2D eigenvalue weighted by Gasteiger charge is 2.28. The van der Waals surface area contributed by atoms with Gasteiger partial charge in [0.05, 0.1) is 18.7 Å². The smallest absolute Gasteiger partial charge is 0.234 e. The van der Waals surface area contributed by atoms with Crippen LogP contribution in [-0.2, 0) is 9.53 Å². The van der Waals surface area contributed by atoms with Crippen molar-refractivity contribution in [1.82, 2.24) is 20.4 Å². The van der Waals surface area contributed by atoms with Crippen molar-refractivity contribution in [3.63, 3.8) is 0 Å². The third-order valence-electron chi connectivity index (χ3n) is 4.09. The standard InChI is InChI=1S/C13H26N4O2/c1-3-16-4-6-17(7-5-16)10-13(18)15-11-8-14-9-12(11)19-2/h11-12,14H,3-10H2,1-2H3,(H,15,18)/t11-,12-/m0/s1. The van der Waals surface area contributed by atoms with Crippen molar-refractivity contribution in [3.8, 4) is 0 Å². The summed E-state index contributed by atoms with van der Waals surface area (Å²) in [5.41, 5.74) is 0. The Morgan fingerprint density at radius 2 is 1.95 bits per heavy atom. The lowest BCUT2D eigenvalue weighted by atomic mass is 10.2. The van der Waals surface area contributed by atoms with Gasteiger partial charge in [-0.05, 0) is 6.54 Å². The fourth-order valence-corrected chi connectivity index (χ4v) is 2.77. The topological polar surface area (TPSA) is 56.8 Å². The van der Waals surface area contributed by atoms with E-state index >= 15 is 0 Å². The van der Waals surface area contributed by atoms with Crippen LogP contribution in [0.25, 0.3) is 0 Å². The van der Waals surface area contributed by atoms with Crippen molar-refractivity contribution in [2.24, 2.45) is 0 Å². The lowest BCUT2D eigenvalue weighted by molar-refractivity contribution is -0.124. The Bertz CT molecular complexity index is 292. The number of nitrogens with one attached hydrogen (secondary N) is 2. The van der Waals surface area contributed by atoms with E-state index in [0.29, 0.717) is 6.54 Å². The first kappa shape index (κ1) is 14.7. The highest BCUT2D eigenvalue weighted by Crippen LogP contribution is 2.04. The van der Waals surface area contributed by atoms with Gasteiger partial charge in [-0.2, -0.15) is 0 Å². The first-order valence-corrected chi connectivity index (χ1v) is 7.20. The van der Waals surface area contributed by atoms with Crippen molar-refractivity contribution < 1.29 is 9.53 Å². The van der Waals surface area contributed by atoms with E-state index in [0.717, 1.165) is 45.8 Å². The minimum atomic E-state index is 0.0980. The van der Waals surface area contributed by atoms with Crippen LogP contribution in [0.3, 0.4) is 0 Å². The van der Waals surface area contributed by atoms with Crippen LogP contribution >= 0.6 is 0 Å². The van der Waals surface area contributed by atoms with Gasteiger partial charge in [0, 0.05) is 46.4 Å². The number of piperazine rings is 1. The molecule has 2 atom stereocenters. The zero-order chi connectivity index (χ0) is 13.7. The molecule has 0 radical (unpaired) electrons.